The van der Waals surface area contributed by atoms with Gasteiger partial charge in [-0.1, -0.05) is 0 Å². The second kappa shape index (κ2) is 5.64. The molecule has 0 aliphatic carbocycles. The Morgan fingerprint density at radius 3 is 2.61 bits per heavy atom. The molecule has 0 spiro atoms. The fraction of sp³-hybridized carbons (Fsp3) is 0.556. The van der Waals surface area contributed by atoms with Crippen LogP contribution < -0.4 is 5.43 Å². The van der Waals surface area contributed by atoms with E-state index in [0.29, 0.717) is 6.42 Å². The molecule has 1 fully saturated rings. The lowest BCUT2D eigenvalue weighted by Crippen LogP contribution is -2.54. The van der Waals surface area contributed by atoms with Crippen molar-refractivity contribution in [2.45, 2.75) is 46.3 Å². The topological polar surface area (TPSA) is 45.6 Å². The quantitative estimate of drug-likeness (QED) is 0.851. The molecule has 0 N–H and O–H groups in total. The molecule has 1 unspecified atom stereocenters. The number of nitrogens with zero attached hydrogens (tertiary/aromatic N) is 3. The number of carbonyl (C=O) groups excluding carboxylic acids is 1. The molecule has 3 rings (SSSR count). The van der Waals surface area contributed by atoms with Gasteiger partial charge in [0.2, 0.25) is 0 Å². The van der Waals surface area contributed by atoms with Crippen LogP contribution in [0.4, 0.5) is 0 Å². The zero-order valence-corrected chi connectivity index (χ0v) is 14.4. The first-order chi connectivity index (χ1) is 10.8. The summed E-state index contributed by atoms with van der Waals surface area (Å²) >= 11 is 0. The van der Waals surface area contributed by atoms with Crippen LogP contribution in [0, 0.1) is 13.8 Å². The van der Waals surface area contributed by atoms with Crippen molar-refractivity contribution < 1.29 is 4.79 Å². The number of rotatable bonds is 3. The Hall–Kier alpha value is -1.88. The number of hydrogen-bond acceptors (Lipinski definition) is 4. The van der Waals surface area contributed by atoms with Crippen LogP contribution in [-0.2, 0) is 11.3 Å². The van der Waals surface area contributed by atoms with Gasteiger partial charge < -0.3 is 9.47 Å². The first kappa shape index (κ1) is 16.0. The van der Waals surface area contributed by atoms with E-state index in [9.17, 15) is 9.59 Å². The Morgan fingerprint density at radius 1 is 1.13 bits per heavy atom. The van der Waals surface area contributed by atoms with Gasteiger partial charge in [-0.2, -0.15) is 0 Å². The minimum atomic E-state index is -0.210. The highest BCUT2D eigenvalue weighted by atomic mass is 16.1. The van der Waals surface area contributed by atoms with E-state index in [1.807, 2.05) is 27.0 Å². The zero-order chi connectivity index (χ0) is 16.8. The summed E-state index contributed by atoms with van der Waals surface area (Å²) in [6, 6.07) is 1.70. The monoisotopic (exact) mass is 315 g/mol. The minimum absolute atomic E-state index is 0.0942. The number of pyridine rings is 1. The molecule has 124 valence electrons. The van der Waals surface area contributed by atoms with Crippen LogP contribution in [0.2, 0.25) is 0 Å². The Morgan fingerprint density at radius 2 is 1.87 bits per heavy atom. The van der Waals surface area contributed by atoms with Crippen molar-refractivity contribution in [3.8, 4) is 0 Å². The third-order valence-electron chi connectivity index (χ3n) is 5.30. The van der Waals surface area contributed by atoms with Crippen LogP contribution in [-0.4, -0.2) is 45.4 Å². The van der Waals surface area contributed by atoms with Crippen molar-refractivity contribution in [2.75, 3.05) is 19.6 Å². The van der Waals surface area contributed by atoms with Crippen LogP contribution in [0.25, 0.3) is 0 Å². The fourth-order valence-electron chi connectivity index (χ4n) is 3.94. The molecule has 2 aliphatic rings. The molecule has 1 saturated heterocycles. The number of allylic oxidation sites excluding steroid dienone is 2. The molecule has 5 heteroatoms. The van der Waals surface area contributed by atoms with E-state index in [-0.39, 0.29) is 16.9 Å². The molecular formula is C18H25N3O2. The number of aryl methyl sites for hydroxylation is 2. The Bertz CT molecular complexity index is 734. The van der Waals surface area contributed by atoms with Crippen molar-refractivity contribution in [3.63, 3.8) is 0 Å². The van der Waals surface area contributed by atoms with Gasteiger partial charge in [0, 0.05) is 67.9 Å². The summed E-state index contributed by atoms with van der Waals surface area (Å²) < 4.78 is 2.14. The number of carbonyl (C=O) groups is 1. The fourth-order valence-corrected chi connectivity index (χ4v) is 3.94. The van der Waals surface area contributed by atoms with Gasteiger partial charge >= 0.3 is 0 Å². The van der Waals surface area contributed by atoms with E-state index >= 15 is 0 Å². The lowest BCUT2D eigenvalue weighted by atomic mass is 9.97. The van der Waals surface area contributed by atoms with Gasteiger partial charge in [0.15, 0.2) is 11.2 Å². The van der Waals surface area contributed by atoms with Gasteiger partial charge in [-0.3, -0.25) is 14.5 Å². The second-order valence-corrected chi connectivity index (χ2v) is 6.94. The van der Waals surface area contributed by atoms with Crippen molar-refractivity contribution in [2.24, 2.45) is 0 Å². The van der Waals surface area contributed by atoms with Crippen LogP contribution >= 0.6 is 0 Å². The predicted molar refractivity (Wildman–Crippen MR) is 90.2 cm³/mol. The summed E-state index contributed by atoms with van der Waals surface area (Å²) in [5, 5.41) is 0. The van der Waals surface area contributed by atoms with E-state index in [2.05, 4.69) is 21.3 Å². The highest BCUT2D eigenvalue weighted by Crippen LogP contribution is 2.36. The molecule has 3 heterocycles. The SMILES string of the molecule is CC1=CC(=O)CC2(C)N(CCn3cc(C)c(=O)cc3C)CCN12. The van der Waals surface area contributed by atoms with Gasteiger partial charge in [0.1, 0.15) is 0 Å². The highest BCUT2D eigenvalue weighted by Gasteiger charge is 2.46. The van der Waals surface area contributed by atoms with Crippen molar-refractivity contribution in [1.29, 1.82) is 0 Å². The molecule has 0 amide bonds. The zero-order valence-electron chi connectivity index (χ0n) is 14.4. The van der Waals surface area contributed by atoms with Gasteiger partial charge in [0.25, 0.3) is 0 Å². The summed E-state index contributed by atoms with van der Waals surface area (Å²) in [5.74, 6) is 0.212. The molecule has 0 radical (unpaired) electrons. The summed E-state index contributed by atoms with van der Waals surface area (Å²) in [7, 11) is 0. The van der Waals surface area contributed by atoms with Crippen molar-refractivity contribution >= 4 is 5.78 Å². The summed E-state index contributed by atoms with van der Waals surface area (Å²) in [6.07, 6.45) is 4.25. The highest BCUT2D eigenvalue weighted by molar-refractivity contribution is 5.92. The van der Waals surface area contributed by atoms with Crippen LogP contribution in [0.15, 0.2) is 28.8 Å². The van der Waals surface area contributed by atoms with Gasteiger partial charge in [0.05, 0.1) is 5.66 Å². The van der Waals surface area contributed by atoms with E-state index in [1.54, 1.807) is 12.1 Å². The van der Waals surface area contributed by atoms with E-state index in [0.717, 1.165) is 43.1 Å². The molecule has 0 aromatic carbocycles. The molecule has 2 aliphatic heterocycles. The molecule has 5 nitrogen and oxygen atoms in total. The third-order valence-corrected chi connectivity index (χ3v) is 5.30. The molecular weight excluding hydrogens is 290 g/mol. The maximum atomic E-state index is 12.0. The van der Waals surface area contributed by atoms with Crippen LogP contribution in [0.3, 0.4) is 0 Å². The summed E-state index contributed by atoms with van der Waals surface area (Å²) in [6.45, 7) is 11.6. The van der Waals surface area contributed by atoms with Crippen molar-refractivity contribution in [3.05, 3.63) is 45.5 Å². The van der Waals surface area contributed by atoms with E-state index < -0.39 is 0 Å². The van der Waals surface area contributed by atoms with Gasteiger partial charge in [-0.15, -0.1) is 0 Å². The Kier molecular flexibility index (Phi) is 3.92. The molecule has 0 bridgehead atoms. The largest absolute Gasteiger partial charge is 0.355 e. The lowest BCUT2D eigenvalue weighted by molar-refractivity contribution is -0.120. The standard InChI is InChI=1S/C18H25N3O2/c1-13-12-19(14(2)10-17(13)23)5-6-20-7-8-21-15(3)9-16(22)11-18(20,21)4/h9-10,12H,5-8,11H2,1-4H3. The first-order valence-electron chi connectivity index (χ1n) is 8.23. The van der Waals surface area contributed by atoms with E-state index in [4.69, 9.17) is 0 Å². The summed E-state index contributed by atoms with van der Waals surface area (Å²) in [5.41, 5.74) is 2.71. The maximum absolute atomic E-state index is 12.0. The molecule has 1 aromatic rings. The third kappa shape index (κ3) is 2.74. The lowest BCUT2D eigenvalue weighted by Gasteiger charge is -2.44. The number of aromatic nitrogens is 1. The minimum Gasteiger partial charge on any atom is -0.355 e. The van der Waals surface area contributed by atoms with E-state index in [1.165, 1.54) is 0 Å². The Labute approximate surface area is 137 Å². The Balaban J connectivity index is 1.77. The smallest absolute Gasteiger partial charge is 0.184 e. The molecule has 1 aromatic heterocycles. The first-order valence-corrected chi connectivity index (χ1v) is 8.23. The average molecular weight is 315 g/mol. The summed E-state index contributed by atoms with van der Waals surface area (Å²) in [4.78, 5) is 28.4. The molecule has 23 heavy (non-hydrogen) atoms. The predicted octanol–water partition coefficient (Wildman–Crippen LogP) is 1.68. The normalized spacial score (nSPS) is 24.8. The number of ketones is 1. The van der Waals surface area contributed by atoms with Gasteiger partial charge in [-0.25, -0.2) is 0 Å². The molecule has 0 saturated carbocycles. The second-order valence-electron chi connectivity index (χ2n) is 6.94. The van der Waals surface area contributed by atoms with Crippen molar-refractivity contribution in [1.82, 2.24) is 14.4 Å². The maximum Gasteiger partial charge on any atom is 0.184 e. The average Bonchev–Trinajstić information content (AvgIpc) is 2.78. The van der Waals surface area contributed by atoms with Gasteiger partial charge in [-0.05, 0) is 27.7 Å². The van der Waals surface area contributed by atoms with Crippen LogP contribution in [0.1, 0.15) is 31.5 Å². The number of hydrogen-bond donors (Lipinski definition) is 0. The molecule has 1 atom stereocenters. The number of fused-ring (bicyclic) bond motifs is 1. The van der Waals surface area contributed by atoms with Crippen LogP contribution in [0.5, 0.6) is 0 Å².